The molecule has 2 aromatic heterocycles. The first-order valence-electron chi connectivity index (χ1n) is 8.93. The Morgan fingerprint density at radius 1 is 1.25 bits per heavy atom. The number of nitrogens with two attached hydrogens (primary N) is 1. The van der Waals surface area contributed by atoms with E-state index >= 15 is 0 Å². The summed E-state index contributed by atoms with van der Waals surface area (Å²) in [5.74, 6) is 7.31. The smallest absolute Gasteiger partial charge is 0.234 e. The number of rotatable bonds is 9. The van der Waals surface area contributed by atoms with E-state index in [1.54, 1.807) is 24.5 Å². The number of hydrogen-bond acceptors (Lipinski definition) is 7. The number of pyridine rings is 1. The van der Waals surface area contributed by atoms with E-state index < -0.39 is 0 Å². The topological polar surface area (TPSA) is 108 Å². The number of thioether (sulfide) groups is 1. The summed E-state index contributed by atoms with van der Waals surface area (Å²) in [5.41, 5.74) is 1.49. The third-order valence-corrected chi connectivity index (χ3v) is 4.76. The molecule has 0 aliphatic carbocycles. The first-order valence-corrected chi connectivity index (χ1v) is 9.92. The van der Waals surface area contributed by atoms with Gasteiger partial charge >= 0.3 is 0 Å². The normalized spacial score (nSPS) is 10.6. The van der Waals surface area contributed by atoms with Crippen molar-refractivity contribution in [3.63, 3.8) is 0 Å². The van der Waals surface area contributed by atoms with Crippen LogP contribution >= 0.6 is 11.8 Å². The molecule has 8 nitrogen and oxygen atoms in total. The molecule has 0 saturated heterocycles. The van der Waals surface area contributed by atoms with Crippen molar-refractivity contribution in [2.75, 3.05) is 23.5 Å². The monoisotopic (exact) mass is 398 g/mol. The zero-order valence-corrected chi connectivity index (χ0v) is 16.4. The molecule has 0 aliphatic rings. The second-order valence-electron chi connectivity index (χ2n) is 5.98. The summed E-state index contributed by atoms with van der Waals surface area (Å²) >= 11 is 1.22. The lowest BCUT2D eigenvalue weighted by molar-refractivity contribution is -0.113. The summed E-state index contributed by atoms with van der Waals surface area (Å²) in [4.78, 5) is 16.2. The van der Waals surface area contributed by atoms with Gasteiger partial charge in [-0.25, -0.2) is 4.68 Å². The number of nitrogens with zero attached hydrogens (tertiary/aromatic N) is 4. The van der Waals surface area contributed by atoms with Gasteiger partial charge in [0.25, 0.3) is 0 Å². The van der Waals surface area contributed by atoms with E-state index in [0.717, 1.165) is 24.2 Å². The summed E-state index contributed by atoms with van der Waals surface area (Å²) in [6.45, 7) is 2.77. The molecule has 28 heavy (non-hydrogen) atoms. The number of anilines is 1. The molecule has 3 aromatic rings. The summed E-state index contributed by atoms with van der Waals surface area (Å²) in [5, 5.41) is 11.5. The fraction of sp³-hybridized carbons (Fsp3) is 0.263. The van der Waals surface area contributed by atoms with Gasteiger partial charge < -0.3 is 15.9 Å². The molecule has 2 heterocycles. The zero-order valence-electron chi connectivity index (χ0n) is 15.5. The Hall–Kier alpha value is -3.07. The molecule has 0 atom stereocenters. The maximum Gasteiger partial charge on any atom is 0.234 e. The van der Waals surface area contributed by atoms with Gasteiger partial charge in [-0.15, -0.1) is 10.2 Å². The predicted molar refractivity (Wildman–Crippen MR) is 110 cm³/mol. The van der Waals surface area contributed by atoms with E-state index in [2.05, 4.69) is 27.4 Å². The molecule has 0 saturated carbocycles. The van der Waals surface area contributed by atoms with Crippen molar-refractivity contribution in [3.05, 3.63) is 48.8 Å². The Morgan fingerprint density at radius 2 is 2.07 bits per heavy atom. The second-order valence-corrected chi connectivity index (χ2v) is 6.92. The second kappa shape index (κ2) is 9.75. The summed E-state index contributed by atoms with van der Waals surface area (Å²) in [6, 6.07) is 10.9. The minimum Gasteiger partial charge on any atom is -0.494 e. The van der Waals surface area contributed by atoms with Crippen LogP contribution in [0.5, 0.6) is 5.75 Å². The van der Waals surface area contributed by atoms with Crippen molar-refractivity contribution in [1.82, 2.24) is 19.9 Å². The minimum absolute atomic E-state index is 0.159. The number of ether oxygens (including phenoxy) is 1. The van der Waals surface area contributed by atoms with Crippen LogP contribution < -0.4 is 15.9 Å². The average molecular weight is 398 g/mol. The van der Waals surface area contributed by atoms with E-state index in [9.17, 15) is 4.79 Å². The standard InChI is InChI=1S/C19H22N6O2S/c1-2-3-11-27-16-6-4-5-15(12-16)22-17(26)13-28-19-24-23-18(25(19)20)14-7-9-21-10-8-14/h4-10,12H,2-3,11,13,20H2,1H3,(H,22,26). The van der Waals surface area contributed by atoms with Crippen LogP contribution in [-0.4, -0.2) is 38.1 Å². The SMILES string of the molecule is CCCCOc1cccc(NC(=O)CSc2nnc(-c3ccncc3)n2N)c1. The number of nitrogen functional groups attached to an aromatic ring is 1. The molecule has 9 heteroatoms. The molecule has 0 bridgehead atoms. The molecule has 0 aliphatic heterocycles. The van der Waals surface area contributed by atoms with Gasteiger partial charge in [-0.1, -0.05) is 31.2 Å². The summed E-state index contributed by atoms with van der Waals surface area (Å²) in [6.07, 6.45) is 5.38. The lowest BCUT2D eigenvalue weighted by atomic mass is 10.2. The van der Waals surface area contributed by atoms with Crippen LogP contribution in [0.2, 0.25) is 0 Å². The van der Waals surface area contributed by atoms with Crippen molar-refractivity contribution >= 4 is 23.4 Å². The number of nitrogens with one attached hydrogen (secondary N) is 1. The van der Waals surface area contributed by atoms with Gasteiger partial charge in [0.1, 0.15) is 5.75 Å². The van der Waals surface area contributed by atoms with Gasteiger partial charge in [0, 0.05) is 29.7 Å². The average Bonchev–Trinajstić information content (AvgIpc) is 3.08. The Balaban J connectivity index is 1.55. The van der Waals surface area contributed by atoms with Crippen molar-refractivity contribution in [1.29, 1.82) is 0 Å². The number of carbonyl (C=O) groups excluding carboxylic acids is 1. The van der Waals surface area contributed by atoms with Gasteiger partial charge in [0.05, 0.1) is 12.4 Å². The number of benzene rings is 1. The highest BCUT2D eigenvalue weighted by molar-refractivity contribution is 7.99. The Labute approximate surface area is 167 Å². The maximum atomic E-state index is 12.3. The van der Waals surface area contributed by atoms with Gasteiger partial charge in [-0.2, -0.15) is 0 Å². The van der Waals surface area contributed by atoms with Gasteiger partial charge in [-0.3, -0.25) is 9.78 Å². The maximum absolute atomic E-state index is 12.3. The number of amides is 1. The van der Waals surface area contributed by atoms with Crippen molar-refractivity contribution < 1.29 is 9.53 Å². The van der Waals surface area contributed by atoms with Crippen LogP contribution in [-0.2, 0) is 4.79 Å². The van der Waals surface area contributed by atoms with E-state index in [-0.39, 0.29) is 11.7 Å². The third kappa shape index (κ3) is 5.23. The summed E-state index contributed by atoms with van der Waals surface area (Å²) < 4.78 is 7.03. The fourth-order valence-electron chi connectivity index (χ4n) is 2.40. The largest absolute Gasteiger partial charge is 0.494 e. The van der Waals surface area contributed by atoms with E-state index in [4.69, 9.17) is 10.6 Å². The van der Waals surface area contributed by atoms with Gasteiger partial charge in [0.15, 0.2) is 5.82 Å². The number of unbranched alkanes of at least 4 members (excludes halogenated alkanes) is 1. The van der Waals surface area contributed by atoms with Crippen LogP contribution in [0.25, 0.3) is 11.4 Å². The molecule has 0 spiro atoms. The van der Waals surface area contributed by atoms with E-state index in [1.165, 1.54) is 16.4 Å². The van der Waals surface area contributed by atoms with Crippen LogP contribution in [0.4, 0.5) is 5.69 Å². The molecule has 0 unspecified atom stereocenters. The van der Waals surface area contributed by atoms with Crippen LogP contribution in [0.15, 0.2) is 53.9 Å². The van der Waals surface area contributed by atoms with Crippen LogP contribution in [0, 0.1) is 0 Å². The van der Waals surface area contributed by atoms with Crippen molar-refractivity contribution in [2.45, 2.75) is 24.9 Å². The molecule has 3 N–H and O–H groups in total. The first-order chi connectivity index (χ1) is 13.7. The zero-order chi connectivity index (χ0) is 19.8. The Kier molecular flexibility index (Phi) is 6.85. The predicted octanol–water partition coefficient (Wildman–Crippen LogP) is 2.96. The molecule has 0 radical (unpaired) electrons. The molecule has 1 aromatic carbocycles. The third-order valence-electron chi connectivity index (χ3n) is 3.82. The molecular formula is C19H22N6O2S. The molecular weight excluding hydrogens is 376 g/mol. The quantitative estimate of drug-likeness (QED) is 0.324. The van der Waals surface area contributed by atoms with Crippen molar-refractivity contribution in [3.8, 4) is 17.1 Å². The number of carbonyl (C=O) groups is 1. The van der Waals surface area contributed by atoms with Gasteiger partial charge in [-0.05, 0) is 30.7 Å². The van der Waals surface area contributed by atoms with Crippen LogP contribution in [0.3, 0.4) is 0 Å². The van der Waals surface area contributed by atoms with E-state index in [1.807, 2.05) is 24.3 Å². The van der Waals surface area contributed by atoms with E-state index in [0.29, 0.717) is 23.3 Å². The Bertz CT molecular complexity index is 916. The lowest BCUT2D eigenvalue weighted by Crippen LogP contribution is -2.16. The van der Waals surface area contributed by atoms with Crippen molar-refractivity contribution in [2.24, 2.45) is 0 Å². The molecule has 3 rings (SSSR count). The fourth-order valence-corrected chi connectivity index (χ4v) is 3.05. The number of hydrogen-bond donors (Lipinski definition) is 2. The highest BCUT2D eigenvalue weighted by Crippen LogP contribution is 2.22. The first kappa shape index (κ1) is 19.7. The summed E-state index contributed by atoms with van der Waals surface area (Å²) in [7, 11) is 0. The number of aromatic nitrogens is 4. The molecule has 146 valence electrons. The highest BCUT2D eigenvalue weighted by atomic mass is 32.2. The van der Waals surface area contributed by atoms with Gasteiger partial charge in [0.2, 0.25) is 11.1 Å². The highest BCUT2D eigenvalue weighted by Gasteiger charge is 2.14. The minimum atomic E-state index is -0.163. The van der Waals surface area contributed by atoms with Crippen LogP contribution in [0.1, 0.15) is 19.8 Å². The molecule has 0 fully saturated rings. The molecule has 1 amide bonds. The lowest BCUT2D eigenvalue weighted by Gasteiger charge is -2.09. The Morgan fingerprint density at radius 3 is 2.86 bits per heavy atom.